The van der Waals surface area contributed by atoms with Crippen LogP contribution in [-0.2, 0) is 4.74 Å². The first-order valence-electron chi connectivity index (χ1n) is 6.47. The monoisotopic (exact) mass is 293 g/mol. The first-order chi connectivity index (χ1) is 10.1. The van der Waals surface area contributed by atoms with Crippen molar-refractivity contribution in [2.45, 2.75) is 6.43 Å². The molecular weight excluding hydrogens is 276 g/mol. The molecule has 1 aromatic rings. The average molecular weight is 293 g/mol. The van der Waals surface area contributed by atoms with E-state index in [1.54, 1.807) is 37.5 Å². The lowest BCUT2D eigenvalue weighted by atomic mass is 10.1. The van der Waals surface area contributed by atoms with E-state index in [9.17, 15) is 8.78 Å². The molecule has 1 aliphatic heterocycles. The average Bonchev–Trinajstić information content (AvgIpc) is 2.47. The van der Waals surface area contributed by atoms with Gasteiger partial charge in [0.2, 0.25) is 0 Å². The summed E-state index contributed by atoms with van der Waals surface area (Å²) >= 11 is 0. The Bertz CT molecular complexity index is 550. The van der Waals surface area contributed by atoms with E-state index in [-0.39, 0.29) is 13.3 Å². The predicted octanol–water partition coefficient (Wildman–Crippen LogP) is 3.66. The topological polar surface area (TPSA) is 21.7 Å². The molecule has 0 saturated heterocycles. The second-order valence-corrected chi connectivity index (χ2v) is 4.48. The van der Waals surface area contributed by atoms with Gasteiger partial charge in [-0.1, -0.05) is 12.7 Å². The van der Waals surface area contributed by atoms with Gasteiger partial charge in [-0.15, -0.1) is 0 Å². The van der Waals surface area contributed by atoms with Crippen molar-refractivity contribution in [2.75, 3.05) is 20.4 Å². The van der Waals surface area contributed by atoms with Crippen molar-refractivity contribution in [3.63, 3.8) is 0 Å². The van der Waals surface area contributed by atoms with E-state index in [2.05, 4.69) is 6.58 Å². The number of halogens is 2. The smallest absolute Gasteiger partial charge is 0.256 e. The molecule has 2 rings (SSSR count). The molecule has 0 aromatic heterocycles. The molecule has 0 amide bonds. The van der Waals surface area contributed by atoms with Crippen LogP contribution in [-0.4, -0.2) is 31.8 Å². The number of allylic oxidation sites excluding steroid dienone is 3. The highest BCUT2D eigenvalue weighted by molar-refractivity contribution is 5.70. The third-order valence-electron chi connectivity index (χ3n) is 2.99. The van der Waals surface area contributed by atoms with Gasteiger partial charge in [-0.05, 0) is 42.0 Å². The molecule has 0 aliphatic carbocycles. The number of hydrogen-bond donors (Lipinski definition) is 0. The zero-order valence-corrected chi connectivity index (χ0v) is 11.8. The minimum Gasteiger partial charge on any atom is -0.468 e. The maximum Gasteiger partial charge on any atom is 0.256 e. The Morgan fingerprint density at radius 1 is 1.24 bits per heavy atom. The Kier molecular flexibility index (Phi) is 5.11. The molecule has 5 heteroatoms. The molecule has 3 nitrogen and oxygen atoms in total. The molecule has 0 saturated carbocycles. The highest BCUT2D eigenvalue weighted by Crippen LogP contribution is 2.28. The molecule has 1 aliphatic rings. The van der Waals surface area contributed by atoms with E-state index in [1.165, 1.54) is 4.90 Å². The van der Waals surface area contributed by atoms with Gasteiger partial charge in [0.25, 0.3) is 6.43 Å². The fourth-order valence-corrected chi connectivity index (χ4v) is 2.04. The molecule has 1 aromatic carbocycles. The van der Waals surface area contributed by atoms with Crippen LogP contribution in [0.5, 0.6) is 5.75 Å². The van der Waals surface area contributed by atoms with Gasteiger partial charge in [-0.25, -0.2) is 8.78 Å². The predicted molar refractivity (Wildman–Crippen MR) is 77.9 cm³/mol. The Hall–Kier alpha value is -2.14. The van der Waals surface area contributed by atoms with Crippen molar-refractivity contribution >= 4 is 5.70 Å². The summed E-state index contributed by atoms with van der Waals surface area (Å²) in [4.78, 5) is 1.51. The van der Waals surface area contributed by atoms with Gasteiger partial charge in [0.1, 0.15) is 5.75 Å². The standard InChI is InChI=1S/C16H17F2NO2/c1-12-4-3-5-15(19(12)10-16(17)18)13-6-8-14(9-7-13)21-11-20-2/h3-9,16H,1,10-11H2,2H3. The maximum absolute atomic E-state index is 12.7. The lowest BCUT2D eigenvalue weighted by Gasteiger charge is -2.29. The van der Waals surface area contributed by atoms with Gasteiger partial charge in [-0.2, -0.15) is 0 Å². The Morgan fingerprint density at radius 2 is 1.95 bits per heavy atom. The van der Waals surface area contributed by atoms with Crippen LogP contribution in [0.3, 0.4) is 0 Å². The zero-order valence-electron chi connectivity index (χ0n) is 11.8. The van der Waals surface area contributed by atoms with Crippen molar-refractivity contribution in [3.05, 3.63) is 60.3 Å². The first-order valence-corrected chi connectivity index (χ1v) is 6.47. The molecule has 0 fully saturated rings. The van der Waals surface area contributed by atoms with Crippen LogP contribution in [0.2, 0.25) is 0 Å². The highest BCUT2D eigenvalue weighted by Gasteiger charge is 2.19. The van der Waals surface area contributed by atoms with Crippen LogP contribution >= 0.6 is 0 Å². The van der Waals surface area contributed by atoms with E-state index in [1.807, 2.05) is 12.1 Å². The molecule has 1 heterocycles. The van der Waals surface area contributed by atoms with Gasteiger partial charge in [0.15, 0.2) is 6.79 Å². The summed E-state index contributed by atoms with van der Waals surface area (Å²) in [5.41, 5.74) is 2.07. The van der Waals surface area contributed by atoms with Crippen LogP contribution in [0, 0.1) is 0 Å². The van der Waals surface area contributed by atoms with Crippen molar-refractivity contribution in [1.29, 1.82) is 0 Å². The van der Waals surface area contributed by atoms with E-state index < -0.39 is 6.43 Å². The van der Waals surface area contributed by atoms with Gasteiger partial charge >= 0.3 is 0 Å². The maximum atomic E-state index is 12.7. The van der Waals surface area contributed by atoms with E-state index >= 15 is 0 Å². The molecule has 0 unspecified atom stereocenters. The lowest BCUT2D eigenvalue weighted by Crippen LogP contribution is -2.27. The van der Waals surface area contributed by atoms with E-state index in [0.29, 0.717) is 17.1 Å². The molecule has 0 atom stereocenters. The number of ether oxygens (including phenoxy) is 2. The number of benzene rings is 1. The first kappa shape index (κ1) is 15.3. The zero-order chi connectivity index (χ0) is 15.2. The third kappa shape index (κ3) is 3.92. The van der Waals surface area contributed by atoms with Crippen molar-refractivity contribution in [3.8, 4) is 5.75 Å². The van der Waals surface area contributed by atoms with Crippen molar-refractivity contribution < 1.29 is 18.3 Å². The molecule has 21 heavy (non-hydrogen) atoms. The number of hydrogen-bond acceptors (Lipinski definition) is 3. The molecule has 0 N–H and O–H groups in total. The van der Waals surface area contributed by atoms with Crippen molar-refractivity contribution in [2.24, 2.45) is 0 Å². The Balaban J connectivity index is 2.19. The quantitative estimate of drug-likeness (QED) is 0.747. The second-order valence-electron chi connectivity index (χ2n) is 4.48. The second kappa shape index (κ2) is 7.04. The summed E-state index contributed by atoms with van der Waals surface area (Å²) < 4.78 is 35.6. The Labute approximate surface area is 122 Å². The highest BCUT2D eigenvalue weighted by atomic mass is 19.3. The van der Waals surface area contributed by atoms with Gasteiger partial charge in [0, 0.05) is 18.5 Å². The summed E-state index contributed by atoms with van der Waals surface area (Å²) in [6.45, 7) is 3.59. The van der Waals surface area contributed by atoms with Crippen LogP contribution < -0.4 is 4.74 Å². The van der Waals surface area contributed by atoms with E-state index in [0.717, 1.165) is 5.56 Å². The van der Waals surface area contributed by atoms with Crippen LogP contribution in [0.15, 0.2) is 54.8 Å². The molecule has 0 radical (unpaired) electrons. The van der Waals surface area contributed by atoms with Gasteiger partial charge in [0.05, 0.1) is 6.54 Å². The summed E-state index contributed by atoms with van der Waals surface area (Å²) in [6, 6.07) is 7.19. The van der Waals surface area contributed by atoms with Gasteiger partial charge in [-0.3, -0.25) is 0 Å². The lowest BCUT2D eigenvalue weighted by molar-refractivity contribution is 0.0511. The largest absolute Gasteiger partial charge is 0.468 e. The molecular formula is C16H17F2NO2. The molecule has 0 spiro atoms. The van der Waals surface area contributed by atoms with Gasteiger partial charge < -0.3 is 14.4 Å². The Morgan fingerprint density at radius 3 is 2.57 bits per heavy atom. The summed E-state index contributed by atoms with van der Waals surface area (Å²) in [5, 5.41) is 0. The van der Waals surface area contributed by atoms with Crippen LogP contribution in [0.4, 0.5) is 8.78 Å². The normalized spacial score (nSPS) is 14.6. The third-order valence-corrected chi connectivity index (χ3v) is 2.99. The number of rotatable bonds is 6. The minimum absolute atomic E-state index is 0.166. The number of nitrogens with zero attached hydrogens (tertiary/aromatic N) is 1. The fraction of sp³-hybridized carbons (Fsp3) is 0.250. The SMILES string of the molecule is C=C1C=CC=C(c2ccc(OCOC)cc2)N1CC(F)F. The summed E-state index contributed by atoms with van der Waals surface area (Å²) in [5.74, 6) is 0.659. The minimum atomic E-state index is -2.43. The molecule has 0 bridgehead atoms. The molecule has 112 valence electrons. The number of alkyl halides is 2. The number of methoxy groups -OCH3 is 1. The van der Waals surface area contributed by atoms with Crippen LogP contribution in [0.1, 0.15) is 5.56 Å². The fourth-order valence-electron chi connectivity index (χ4n) is 2.04. The summed E-state index contributed by atoms with van der Waals surface area (Å²) in [6.07, 6.45) is 2.87. The summed E-state index contributed by atoms with van der Waals surface area (Å²) in [7, 11) is 1.54. The van der Waals surface area contributed by atoms with Crippen LogP contribution in [0.25, 0.3) is 5.70 Å². The van der Waals surface area contributed by atoms with Crippen molar-refractivity contribution in [1.82, 2.24) is 4.90 Å². The van der Waals surface area contributed by atoms with E-state index in [4.69, 9.17) is 9.47 Å².